The van der Waals surface area contributed by atoms with E-state index in [4.69, 9.17) is 0 Å². The van der Waals surface area contributed by atoms with Gasteiger partial charge in [0.25, 0.3) is 0 Å². The lowest BCUT2D eigenvalue weighted by atomic mass is 10.1. The van der Waals surface area contributed by atoms with Crippen LogP contribution >= 0.6 is 0 Å². The average molecular weight is 296 g/mol. The number of Topliss-reactive ketones (excluding diaryl/α,β-unsaturated/α-hetero) is 1. The van der Waals surface area contributed by atoms with Gasteiger partial charge in [0, 0.05) is 16.9 Å². The van der Waals surface area contributed by atoms with Crippen LogP contribution in [0, 0.1) is 13.8 Å². The van der Waals surface area contributed by atoms with Crippen LogP contribution in [0.3, 0.4) is 0 Å². The monoisotopic (exact) mass is 296 g/mol. The van der Waals surface area contributed by atoms with Crippen LogP contribution in [0.1, 0.15) is 28.4 Å². The molecule has 2 aromatic rings. The van der Waals surface area contributed by atoms with Gasteiger partial charge in [-0.15, -0.1) is 0 Å². The zero-order chi connectivity index (χ0) is 16.1. The zero-order valence-electron chi connectivity index (χ0n) is 13.1. The first kappa shape index (κ1) is 15.8. The highest BCUT2D eigenvalue weighted by Gasteiger charge is 2.05. The van der Waals surface area contributed by atoms with Crippen LogP contribution in [-0.4, -0.2) is 18.2 Å². The molecule has 0 unspecified atom stereocenters. The van der Waals surface area contributed by atoms with Gasteiger partial charge in [-0.2, -0.15) is 0 Å². The summed E-state index contributed by atoms with van der Waals surface area (Å²) in [6.45, 7) is 5.75. The third-order valence-corrected chi connectivity index (χ3v) is 3.40. The van der Waals surface area contributed by atoms with Crippen LogP contribution in [0.15, 0.2) is 42.5 Å². The standard InChI is InChI=1S/C18H20N2O2/c1-12-4-9-17(13(2)10-12)19-11-18(22)20-16-7-5-15(6-8-16)14(3)21/h4-10,19H,11H2,1-3H3,(H,20,22). The average Bonchev–Trinajstić information content (AvgIpc) is 2.47. The van der Waals surface area contributed by atoms with Crippen molar-refractivity contribution in [2.45, 2.75) is 20.8 Å². The minimum absolute atomic E-state index is 0.00869. The van der Waals surface area contributed by atoms with Crippen LogP contribution in [0.4, 0.5) is 11.4 Å². The highest BCUT2D eigenvalue weighted by atomic mass is 16.2. The summed E-state index contributed by atoms with van der Waals surface area (Å²) in [6, 6.07) is 12.9. The summed E-state index contributed by atoms with van der Waals surface area (Å²) in [5.41, 5.74) is 4.56. The number of hydrogen-bond acceptors (Lipinski definition) is 3. The molecular formula is C18H20N2O2. The second-order valence-electron chi connectivity index (χ2n) is 5.35. The third-order valence-electron chi connectivity index (χ3n) is 3.40. The van der Waals surface area contributed by atoms with Gasteiger partial charge < -0.3 is 10.6 Å². The summed E-state index contributed by atoms with van der Waals surface area (Å²) in [6.07, 6.45) is 0. The molecule has 4 heteroatoms. The maximum Gasteiger partial charge on any atom is 0.243 e. The SMILES string of the molecule is CC(=O)c1ccc(NC(=O)CNc2ccc(C)cc2C)cc1. The van der Waals surface area contributed by atoms with Crippen LogP contribution in [0.2, 0.25) is 0 Å². The molecule has 2 N–H and O–H groups in total. The number of benzene rings is 2. The molecule has 2 rings (SSSR count). The highest BCUT2D eigenvalue weighted by Crippen LogP contribution is 2.16. The highest BCUT2D eigenvalue weighted by molar-refractivity contribution is 5.96. The van der Waals surface area contributed by atoms with Gasteiger partial charge in [-0.3, -0.25) is 9.59 Å². The molecule has 0 aromatic heterocycles. The Morgan fingerprint density at radius 3 is 2.27 bits per heavy atom. The van der Waals surface area contributed by atoms with Crippen LogP contribution in [0.5, 0.6) is 0 Å². The summed E-state index contributed by atoms with van der Waals surface area (Å²) < 4.78 is 0. The minimum atomic E-state index is -0.129. The van der Waals surface area contributed by atoms with Gasteiger partial charge >= 0.3 is 0 Å². The second kappa shape index (κ2) is 6.89. The number of aryl methyl sites for hydroxylation is 2. The number of ketones is 1. The molecule has 0 aliphatic carbocycles. The second-order valence-corrected chi connectivity index (χ2v) is 5.35. The van der Waals surface area contributed by atoms with Crippen molar-refractivity contribution in [1.29, 1.82) is 0 Å². The van der Waals surface area contributed by atoms with Gasteiger partial charge in [0.1, 0.15) is 0 Å². The molecule has 2 aromatic carbocycles. The van der Waals surface area contributed by atoms with Gasteiger partial charge in [0.2, 0.25) is 5.91 Å². The third kappa shape index (κ3) is 4.19. The van der Waals surface area contributed by atoms with E-state index in [0.29, 0.717) is 11.3 Å². The number of rotatable bonds is 5. The van der Waals surface area contributed by atoms with Gasteiger partial charge in [0.15, 0.2) is 5.78 Å². The molecule has 0 heterocycles. The number of amides is 1. The van der Waals surface area contributed by atoms with Crippen molar-refractivity contribution < 1.29 is 9.59 Å². The van der Waals surface area contributed by atoms with Gasteiger partial charge in [-0.1, -0.05) is 17.7 Å². The lowest BCUT2D eigenvalue weighted by molar-refractivity contribution is -0.114. The Morgan fingerprint density at radius 1 is 1.00 bits per heavy atom. The van der Waals surface area contributed by atoms with E-state index in [1.165, 1.54) is 12.5 Å². The zero-order valence-corrected chi connectivity index (χ0v) is 13.1. The normalized spacial score (nSPS) is 10.1. The Balaban J connectivity index is 1.91. The number of carbonyl (C=O) groups is 2. The van der Waals surface area contributed by atoms with E-state index in [9.17, 15) is 9.59 Å². The summed E-state index contributed by atoms with van der Waals surface area (Å²) >= 11 is 0. The molecule has 0 radical (unpaired) electrons. The summed E-state index contributed by atoms with van der Waals surface area (Å²) in [7, 11) is 0. The van der Waals surface area contributed by atoms with Crippen molar-refractivity contribution in [3.63, 3.8) is 0 Å². The first-order valence-electron chi connectivity index (χ1n) is 7.17. The lowest BCUT2D eigenvalue weighted by Gasteiger charge is -2.11. The largest absolute Gasteiger partial charge is 0.376 e. The Bertz CT molecular complexity index is 691. The van der Waals surface area contributed by atoms with E-state index in [-0.39, 0.29) is 18.2 Å². The van der Waals surface area contributed by atoms with E-state index < -0.39 is 0 Å². The first-order chi connectivity index (χ1) is 10.5. The minimum Gasteiger partial charge on any atom is -0.376 e. The van der Waals surface area contributed by atoms with Crippen molar-refractivity contribution in [2.75, 3.05) is 17.2 Å². The molecule has 4 nitrogen and oxygen atoms in total. The van der Waals surface area contributed by atoms with E-state index in [1.54, 1.807) is 24.3 Å². The molecule has 0 spiro atoms. The van der Waals surface area contributed by atoms with Crippen molar-refractivity contribution in [2.24, 2.45) is 0 Å². The van der Waals surface area contributed by atoms with Crippen LogP contribution in [0.25, 0.3) is 0 Å². The quantitative estimate of drug-likeness (QED) is 0.829. The fourth-order valence-electron chi connectivity index (χ4n) is 2.18. The fraction of sp³-hybridized carbons (Fsp3) is 0.222. The molecule has 114 valence electrons. The van der Waals surface area contributed by atoms with E-state index in [1.807, 2.05) is 26.0 Å². The number of anilines is 2. The summed E-state index contributed by atoms with van der Waals surface area (Å²) in [5, 5.41) is 5.92. The maximum absolute atomic E-state index is 11.9. The van der Waals surface area contributed by atoms with Gasteiger partial charge in [-0.25, -0.2) is 0 Å². The van der Waals surface area contributed by atoms with Crippen molar-refractivity contribution >= 4 is 23.1 Å². The van der Waals surface area contributed by atoms with E-state index >= 15 is 0 Å². The fourth-order valence-corrected chi connectivity index (χ4v) is 2.18. The Hall–Kier alpha value is -2.62. The summed E-state index contributed by atoms with van der Waals surface area (Å²) in [5.74, 6) is -0.120. The number of hydrogen-bond donors (Lipinski definition) is 2. The van der Waals surface area contributed by atoms with Gasteiger partial charge in [-0.05, 0) is 56.7 Å². The lowest BCUT2D eigenvalue weighted by Crippen LogP contribution is -2.22. The molecule has 0 fully saturated rings. The van der Waals surface area contributed by atoms with E-state index in [2.05, 4.69) is 16.7 Å². The summed E-state index contributed by atoms with van der Waals surface area (Å²) in [4.78, 5) is 23.1. The Kier molecular flexibility index (Phi) is 4.94. The molecule has 0 aliphatic heterocycles. The first-order valence-corrected chi connectivity index (χ1v) is 7.17. The maximum atomic E-state index is 11.9. The molecule has 0 saturated carbocycles. The van der Waals surface area contributed by atoms with Crippen LogP contribution < -0.4 is 10.6 Å². The van der Waals surface area contributed by atoms with Gasteiger partial charge in [0.05, 0.1) is 6.54 Å². The molecule has 22 heavy (non-hydrogen) atoms. The van der Waals surface area contributed by atoms with Crippen molar-refractivity contribution in [1.82, 2.24) is 0 Å². The molecule has 0 bridgehead atoms. The molecule has 0 saturated heterocycles. The van der Waals surface area contributed by atoms with Crippen LogP contribution in [-0.2, 0) is 4.79 Å². The molecule has 0 atom stereocenters. The number of carbonyl (C=O) groups excluding carboxylic acids is 2. The molecule has 0 aliphatic rings. The molecular weight excluding hydrogens is 276 g/mol. The smallest absolute Gasteiger partial charge is 0.243 e. The predicted molar refractivity (Wildman–Crippen MR) is 89.5 cm³/mol. The van der Waals surface area contributed by atoms with Crippen molar-refractivity contribution in [3.05, 3.63) is 59.2 Å². The predicted octanol–water partition coefficient (Wildman–Crippen LogP) is 3.56. The number of nitrogens with one attached hydrogen (secondary N) is 2. The molecule has 1 amide bonds. The topological polar surface area (TPSA) is 58.2 Å². The Labute approximate surface area is 130 Å². The van der Waals surface area contributed by atoms with E-state index in [0.717, 1.165) is 11.3 Å². The Morgan fingerprint density at radius 2 is 1.68 bits per heavy atom. The van der Waals surface area contributed by atoms with Crippen molar-refractivity contribution in [3.8, 4) is 0 Å².